The summed E-state index contributed by atoms with van der Waals surface area (Å²) in [6, 6.07) is 3.66. The third-order valence-electron chi connectivity index (χ3n) is 3.29. The summed E-state index contributed by atoms with van der Waals surface area (Å²) < 4.78 is 28.1. The van der Waals surface area contributed by atoms with Gasteiger partial charge in [0.1, 0.15) is 0 Å². The lowest BCUT2D eigenvalue weighted by molar-refractivity contribution is 0.392. The van der Waals surface area contributed by atoms with Gasteiger partial charge in [0.15, 0.2) is 15.8 Å². The van der Waals surface area contributed by atoms with Crippen molar-refractivity contribution < 1.29 is 13.2 Å². The molecule has 21 heavy (non-hydrogen) atoms. The van der Waals surface area contributed by atoms with Crippen LogP contribution >= 0.6 is 0 Å². The predicted octanol–water partition coefficient (Wildman–Crippen LogP) is -0.0577. The Morgan fingerprint density at radius 2 is 2.38 bits per heavy atom. The van der Waals surface area contributed by atoms with Crippen LogP contribution in [0, 0.1) is 0 Å². The van der Waals surface area contributed by atoms with Crippen LogP contribution < -0.4 is 15.4 Å². The second-order valence-electron chi connectivity index (χ2n) is 4.84. The van der Waals surface area contributed by atoms with Crippen molar-refractivity contribution in [1.29, 1.82) is 0 Å². The van der Waals surface area contributed by atoms with Gasteiger partial charge in [-0.05, 0) is 12.5 Å². The fraction of sp³-hybridized carbons (Fsp3) is 0.538. The lowest BCUT2D eigenvalue weighted by Gasteiger charge is -2.16. The van der Waals surface area contributed by atoms with E-state index in [0.717, 1.165) is 5.56 Å². The molecule has 1 aliphatic heterocycles. The molecule has 0 spiro atoms. The summed E-state index contributed by atoms with van der Waals surface area (Å²) in [5.41, 5.74) is 0.905. The van der Waals surface area contributed by atoms with Crippen molar-refractivity contribution in [2.75, 3.05) is 25.7 Å². The highest BCUT2D eigenvalue weighted by molar-refractivity contribution is 7.91. The highest BCUT2D eigenvalue weighted by Crippen LogP contribution is 2.13. The highest BCUT2D eigenvalue weighted by atomic mass is 32.2. The fourth-order valence-electron chi connectivity index (χ4n) is 2.22. The summed E-state index contributed by atoms with van der Waals surface area (Å²) in [7, 11) is 0.321. The molecule has 1 fully saturated rings. The van der Waals surface area contributed by atoms with Gasteiger partial charge in [0.2, 0.25) is 5.88 Å². The Labute approximate surface area is 124 Å². The van der Waals surface area contributed by atoms with Gasteiger partial charge in [-0.25, -0.2) is 13.4 Å². The molecule has 1 unspecified atom stereocenters. The van der Waals surface area contributed by atoms with Crippen LogP contribution in [0.15, 0.2) is 23.3 Å². The van der Waals surface area contributed by atoms with Gasteiger partial charge >= 0.3 is 0 Å². The van der Waals surface area contributed by atoms with Crippen molar-refractivity contribution >= 4 is 15.8 Å². The van der Waals surface area contributed by atoms with E-state index < -0.39 is 9.84 Å². The second kappa shape index (κ2) is 6.75. The first-order valence-corrected chi connectivity index (χ1v) is 8.51. The van der Waals surface area contributed by atoms with E-state index in [1.165, 1.54) is 0 Å². The first kappa shape index (κ1) is 15.6. The number of hydrogen-bond acceptors (Lipinski definition) is 5. The number of sulfone groups is 1. The molecule has 0 radical (unpaired) electrons. The second-order valence-corrected chi connectivity index (χ2v) is 7.07. The lowest BCUT2D eigenvalue weighted by Crippen LogP contribution is -2.43. The maximum absolute atomic E-state index is 11.4. The summed E-state index contributed by atoms with van der Waals surface area (Å²) >= 11 is 0. The summed E-state index contributed by atoms with van der Waals surface area (Å²) in [5.74, 6) is 1.52. The topological polar surface area (TPSA) is 92.7 Å². The average molecular weight is 312 g/mol. The average Bonchev–Trinajstić information content (AvgIpc) is 2.82. The number of nitrogens with one attached hydrogen (secondary N) is 2. The first-order valence-electron chi connectivity index (χ1n) is 6.69. The maximum atomic E-state index is 11.4. The molecule has 1 aliphatic rings. The number of aromatic nitrogens is 1. The first-order chi connectivity index (χ1) is 10.0. The van der Waals surface area contributed by atoms with Crippen molar-refractivity contribution in [3.63, 3.8) is 0 Å². The monoisotopic (exact) mass is 312 g/mol. The normalized spacial score (nSPS) is 21.0. The Bertz CT molecular complexity index is 616. The molecule has 116 valence electrons. The Hall–Kier alpha value is -1.83. The minimum Gasteiger partial charge on any atom is -0.481 e. The third kappa shape index (κ3) is 4.32. The van der Waals surface area contributed by atoms with Gasteiger partial charge in [0.05, 0.1) is 18.6 Å². The third-order valence-corrected chi connectivity index (χ3v) is 5.05. The number of guanidine groups is 1. The molecule has 1 atom stereocenters. The van der Waals surface area contributed by atoms with Gasteiger partial charge in [-0.2, -0.15) is 0 Å². The van der Waals surface area contributed by atoms with Gasteiger partial charge in [0, 0.05) is 31.4 Å². The molecule has 1 saturated heterocycles. The van der Waals surface area contributed by atoms with E-state index in [9.17, 15) is 8.42 Å². The van der Waals surface area contributed by atoms with Gasteiger partial charge < -0.3 is 15.4 Å². The molecule has 0 aliphatic carbocycles. The largest absolute Gasteiger partial charge is 0.481 e. The van der Waals surface area contributed by atoms with E-state index in [1.807, 2.05) is 12.1 Å². The lowest BCUT2D eigenvalue weighted by atomic mass is 10.2. The number of ether oxygens (including phenoxy) is 1. The zero-order chi connectivity index (χ0) is 15.3. The van der Waals surface area contributed by atoms with Crippen molar-refractivity contribution in [1.82, 2.24) is 15.6 Å². The van der Waals surface area contributed by atoms with Crippen LogP contribution in [0.3, 0.4) is 0 Å². The molecule has 0 saturated carbocycles. The zero-order valence-electron chi connectivity index (χ0n) is 12.2. The summed E-state index contributed by atoms with van der Waals surface area (Å²) in [6.07, 6.45) is 2.28. The molecule has 2 N–H and O–H groups in total. The predicted molar refractivity (Wildman–Crippen MR) is 81.2 cm³/mol. The number of nitrogens with zero attached hydrogens (tertiary/aromatic N) is 2. The Kier molecular flexibility index (Phi) is 5.00. The highest BCUT2D eigenvalue weighted by Gasteiger charge is 2.28. The molecule has 7 nitrogen and oxygen atoms in total. The molecule has 2 heterocycles. The Morgan fingerprint density at radius 1 is 1.57 bits per heavy atom. The minimum atomic E-state index is -2.90. The van der Waals surface area contributed by atoms with E-state index in [4.69, 9.17) is 4.74 Å². The summed E-state index contributed by atoms with van der Waals surface area (Å²) in [5, 5.41) is 6.27. The molecule has 8 heteroatoms. The van der Waals surface area contributed by atoms with Crippen molar-refractivity contribution in [3.8, 4) is 5.88 Å². The van der Waals surface area contributed by atoms with Crippen LogP contribution in [-0.4, -0.2) is 51.1 Å². The van der Waals surface area contributed by atoms with Gasteiger partial charge in [-0.15, -0.1) is 0 Å². The van der Waals surface area contributed by atoms with Crippen LogP contribution in [0.2, 0.25) is 0 Å². The molecule has 2 rings (SSSR count). The quantitative estimate of drug-likeness (QED) is 0.598. The van der Waals surface area contributed by atoms with Crippen LogP contribution in [-0.2, 0) is 16.4 Å². The fourth-order valence-corrected chi connectivity index (χ4v) is 3.89. The van der Waals surface area contributed by atoms with E-state index in [1.54, 1.807) is 20.4 Å². The SMILES string of the molecule is CN=C(NCc1cccnc1OC)NC1CCS(=O)(=O)C1. The standard InChI is InChI=1S/C13H20N4O3S/c1-14-13(17-11-5-7-21(18,19)9-11)16-8-10-4-3-6-15-12(10)20-2/h3-4,6,11H,5,7-9H2,1-2H3,(H2,14,16,17). The van der Waals surface area contributed by atoms with Crippen molar-refractivity contribution in [2.45, 2.75) is 19.0 Å². The van der Waals surface area contributed by atoms with Crippen LogP contribution in [0.1, 0.15) is 12.0 Å². The molecular weight excluding hydrogens is 292 g/mol. The molecule has 1 aromatic heterocycles. The van der Waals surface area contributed by atoms with E-state index in [2.05, 4.69) is 20.6 Å². The number of methoxy groups -OCH3 is 1. The van der Waals surface area contributed by atoms with Crippen LogP contribution in [0.4, 0.5) is 0 Å². The number of hydrogen-bond donors (Lipinski definition) is 2. The minimum absolute atomic E-state index is 0.0861. The molecule has 0 aromatic carbocycles. The number of rotatable bonds is 4. The molecule has 1 aromatic rings. The summed E-state index contributed by atoms with van der Waals surface area (Å²) in [6.45, 7) is 0.496. The van der Waals surface area contributed by atoms with Gasteiger partial charge in [0.25, 0.3) is 0 Å². The van der Waals surface area contributed by atoms with Crippen LogP contribution in [0.25, 0.3) is 0 Å². The van der Waals surface area contributed by atoms with Gasteiger partial charge in [-0.1, -0.05) is 6.07 Å². The molecular formula is C13H20N4O3S. The summed E-state index contributed by atoms with van der Waals surface area (Å²) in [4.78, 5) is 8.23. The Balaban J connectivity index is 1.92. The van der Waals surface area contributed by atoms with E-state index in [-0.39, 0.29) is 17.5 Å². The number of aliphatic imine (C=N–C) groups is 1. The van der Waals surface area contributed by atoms with Crippen LogP contribution in [0.5, 0.6) is 5.88 Å². The zero-order valence-corrected chi connectivity index (χ0v) is 13.0. The van der Waals surface area contributed by atoms with E-state index >= 15 is 0 Å². The molecule has 0 amide bonds. The van der Waals surface area contributed by atoms with E-state index in [0.29, 0.717) is 24.8 Å². The van der Waals surface area contributed by atoms with Crippen molar-refractivity contribution in [3.05, 3.63) is 23.9 Å². The Morgan fingerprint density at radius 3 is 3.00 bits per heavy atom. The number of pyridine rings is 1. The maximum Gasteiger partial charge on any atom is 0.218 e. The van der Waals surface area contributed by atoms with Crippen molar-refractivity contribution in [2.24, 2.45) is 4.99 Å². The molecule has 0 bridgehead atoms. The smallest absolute Gasteiger partial charge is 0.218 e. The van der Waals surface area contributed by atoms with Gasteiger partial charge in [-0.3, -0.25) is 4.99 Å².